The highest BCUT2D eigenvalue weighted by Gasteiger charge is 2.53. The third kappa shape index (κ3) is 3.12. The zero-order valence-corrected chi connectivity index (χ0v) is 10.9. The summed E-state index contributed by atoms with van der Waals surface area (Å²) in [5.41, 5.74) is 0.804. The minimum Gasteiger partial charge on any atom is -0.228 e. The van der Waals surface area contributed by atoms with Crippen molar-refractivity contribution < 1.29 is 8.42 Å². The number of sulfone groups is 1. The first-order chi connectivity index (χ1) is 7.39. The Bertz CT molecular complexity index is 468. The van der Waals surface area contributed by atoms with Gasteiger partial charge in [0.15, 0.2) is 9.84 Å². The fourth-order valence-electron chi connectivity index (χ4n) is 1.64. The Morgan fingerprint density at radius 3 is 2.31 bits per heavy atom. The smallest absolute Gasteiger partial charge is 0.154 e. The van der Waals surface area contributed by atoms with E-state index in [0.717, 1.165) is 5.56 Å². The predicted octanol–water partition coefficient (Wildman–Crippen LogP) is 2.80. The zero-order valence-electron chi connectivity index (χ0n) is 8.57. The first-order valence-electron chi connectivity index (χ1n) is 5.01. The van der Waals surface area contributed by atoms with E-state index >= 15 is 0 Å². The molecule has 1 fully saturated rings. The second kappa shape index (κ2) is 4.21. The average molecular weight is 279 g/mol. The fraction of sp³-hybridized carbons (Fsp3) is 0.455. The van der Waals surface area contributed by atoms with Gasteiger partial charge in [-0.3, -0.25) is 0 Å². The van der Waals surface area contributed by atoms with Crippen molar-refractivity contribution in [3.63, 3.8) is 0 Å². The van der Waals surface area contributed by atoms with Crippen LogP contribution in [0.4, 0.5) is 0 Å². The van der Waals surface area contributed by atoms with Gasteiger partial charge in [-0.15, -0.1) is 23.2 Å². The quantitative estimate of drug-likeness (QED) is 0.794. The van der Waals surface area contributed by atoms with Gasteiger partial charge in [0, 0.05) is 5.92 Å². The molecule has 2 nitrogen and oxygen atoms in total. The lowest BCUT2D eigenvalue weighted by Gasteiger charge is -2.04. The number of benzene rings is 1. The normalized spacial score (nSPS) is 23.0. The fourth-order valence-corrected chi connectivity index (χ4v) is 4.19. The topological polar surface area (TPSA) is 34.1 Å². The Kier molecular flexibility index (Phi) is 3.21. The van der Waals surface area contributed by atoms with Crippen LogP contribution in [-0.2, 0) is 15.6 Å². The summed E-state index contributed by atoms with van der Waals surface area (Å²) in [5, 5.41) is 0. The van der Waals surface area contributed by atoms with Gasteiger partial charge in [0.25, 0.3) is 0 Å². The van der Waals surface area contributed by atoms with Crippen LogP contribution in [0.15, 0.2) is 30.3 Å². The summed E-state index contributed by atoms with van der Waals surface area (Å²) in [6.45, 7) is 0. The minimum absolute atomic E-state index is 0.0637. The first kappa shape index (κ1) is 12.2. The molecule has 16 heavy (non-hydrogen) atoms. The van der Waals surface area contributed by atoms with Crippen molar-refractivity contribution in [3.05, 3.63) is 35.9 Å². The van der Waals surface area contributed by atoms with Crippen molar-refractivity contribution >= 4 is 33.0 Å². The second-order valence-corrected chi connectivity index (χ2v) is 7.85. The molecule has 1 aromatic carbocycles. The second-order valence-electron chi connectivity index (χ2n) is 4.20. The van der Waals surface area contributed by atoms with Crippen molar-refractivity contribution in [3.8, 4) is 0 Å². The lowest BCUT2D eigenvalue weighted by atomic mass is 10.2. The van der Waals surface area contributed by atoms with Gasteiger partial charge >= 0.3 is 0 Å². The molecule has 0 bridgehead atoms. The SMILES string of the molecule is O=S(=O)(Cc1ccccc1)C[C@@H]1CC1(Cl)Cl. The van der Waals surface area contributed by atoms with Gasteiger partial charge in [0.2, 0.25) is 0 Å². The maximum atomic E-state index is 11.8. The minimum atomic E-state index is -3.11. The van der Waals surface area contributed by atoms with Gasteiger partial charge in [-0.05, 0) is 12.0 Å². The van der Waals surface area contributed by atoms with Gasteiger partial charge in [0.1, 0.15) is 4.33 Å². The number of rotatable bonds is 4. The largest absolute Gasteiger partial charge is 0.228 e. The highest BCUT2D eigenvalue weighted by molar-refractivity contribution is 7.90. The van der Waals surface area contributed by atoms with E-state index in [1.54, 1.807) is 12.1 Å². The van der Waals surface area contributed by atoms with Crippen LogP contribution in [0.25, 0.3) is 0 Å². The van der Waals surface area contributed by atoms with Gasteiger partial charge in [0.05, 0.1) is 11.5 Å². The summed E-state index contributed by atoms with van der Waals surface area (Å²) in [4.78, 5) is 0. The molecule has 0 heterocycles. The number of alkyl halides is 2. The van der Waals surface area contributed by atoms with Crippen LogP contribution >= 0.6 is 23.2 Å². The van der Waals surface area contributed by atoms with Gasteiger partial charge in [-0.2, -0.15) is 0 Å². The van der Waals surface area contributed by atoms with Crippen LogP contribution in [-0.4, -0.2) is 18.5 Å². The van der Waals surface area contributed by atoms with E-state index in [4.69, 9.17) is 23.2 Å². The summed E-state index contributed by atoms with van der Waals surface area (Å²) < 4.78 is 22.8. The van der Waals surface area contributed by atoms with Gasteiger partial charge < -0.3 is 0 Å². The maximum Gasteiger partial charge on any atom is 0.154 e. The van der Waals surface area contributed by atoms with Gasteiger partial charge in [-0.25, -0.2) is 8.42 Å². The lowest BCUT2D eigenvalue weighted by molar-refractivity contribution is 0.591. The summed E-state index contributed by atoms with van der Waals surface area (Å²) >= 11 is 11.6. The average Bonchev–Trinajstić information content (AvgIpc) is 2.72. The van der Waals surface area contributed by atoms with Crippen LogP contribution in [0.1, 0.15) is 12.0 Å². The molecule has 1 aliphatic carbocycles. The van der Waals surface area contributed by atoms with Crippen molar-refractivity contribution in [1.29, 1.82) is 0 Å². The van der Waals surface area contributed by atoms with Crippen LogP contribution < -0.4 is 0 Å². The molecule has 0 amide bonds. The van der Waals surface area contributed by atoms with Crippen LogP contribution in [0, 0.1) is 5.92 Å². The molecule has 0 spiro atoms. The van der Waals surface area contributed by atoms with Crippen LogP contribution in [0.2, 0.25) is 0 Å². The highest BCUT2D eigenvalue weighted by Crippen LogP contribution is 2.53. The van der Waals surface area contributed by atoms with E-state index < -0.39 is 14.2 Å². The monoisotopic (exact) mass is 278 g/mol. The molecule has 0 unspecified atom stereocenters. The summed E-state index contributed by atoms with van der Waals surface area (Å²) in [6, 6.07) is 9.13. The molecule has 88 valence electrons. The first-order valence-corrected chi connectivity index (χ1v) is 7.59. The molecule has 1 atom stereocenters. The van der Waals surface area contributed by atoms with Crippen LogP contribution in [0.5, 0.6) is 0 Å². The summed E-state index contributed by atoms with van der Waals surface area (Å²) in [7, 11) is -3.11. The maximum absolute atomic E-state index is 11.8. The van der Waals surface area contributed by atoms with E-state index in [0.29, 0.717) is 6.42 Å². The van der Waals surface area contributed by atoms with E-state index in [1.807, 2.05) is 18.2 Å². The van der Waals surface area contributed by atoms with Gasteiger partial charge in [-0.1, -0.05) is 30.3 Å². The van der Waals surface area contributed by atoms with Crippen molar-refractivity contribution in [2.24, 2.45) is 5.92 Å². The highest BCUT2D eigenvalue weighted by atomic mass is 35.5. The van der Waals surface area contributed by atoms with E-state index in [2.05, 4.69) is 0 Å². The van der Waals surface area contributed by atoms with E-state index in [-0.39, 0.29) is 17.4 Å². The molecule has 0 aliphatic heterocycles. The Morgan fingerprint density at radius 1 is 1.25 bits per heavy atom. The molecule has 0 N–H and O–H groups in total. The lowest BCUT2D eigenvalue weighted by Crippen LogP contribution is -2.13. The molecule has 0 radical (unpaired) electrons. The molecule has 1 aromatic rings. The number of hydrogen-bond acceptors (Lipinski definition) is 2. The molecule has 0 aromatic heterocycles. The van der Waals surface area contributed by atoms with Crippen LogP contribution in [0.3, 0.4) is 0 Å². The molecule has 1 aliphatic rings. The molecular formula is C11H12Cl2O2S. The number of hydrogen-bond donors (Lipinski definition) is 0. The molecule has 1 saturated carbocycles. The standard InChI is InChI=1S/C11H12Cl2O2S/c12-11(13)6-10(11)8-16(14,15)7-9-4-2-1-3-5-9/h1-5,10H,6-8H2/t10-/m0/s1. The van der Waals surface area contributed by atoms with Crippen molar-refractivity contribution in [1.82, 2.24) is 0 Å². The Hall–Kier alpha value is -0.250. The summed E-state index contributed by atoms with van der Waals surface area (Å²) in [6.07, 6.45) is 0.574. The molecule has 0 saturated heterocycles. The Labute approximate surface area is 105 Å². The van der Waals surface area contributed by atoms with E-state index in [9.17, 15) is 8.42 Å². The molecular weight excluding hydrogens is 267 g/mol. The molecule has 5 heteroatoms. The molecule has 2 rings (SSSR count). The predicted molar refractivity (Wildman–Crippen MR) is 66.5 cm³/mol. The Balaban J connectivity index is 1.99. The Morgan fingerprint density at radius 2 is 1.81 bits per heavy atom. The van der Waals surface area contributed by atoms with E-state index in [1.165, 1.54) is 0 Å². The third-order valence-electron chi connectivity index (χ3n) is 2.64. The summed E-state index contributed by atoms with van der Waals surface area (Å²) in [5.74, 6) is 0.0351. The number of halogens is 2. The zero-order chi connectivity index (χ0) is 11.8. The van der Waals surface area contributed by atoms with Crippen molar-refractivity contribution in [2.45, 2.75) is 16.5 Å². The third-order valence-corrected chi connectivity index (χ3v) is 5.25. The van der Waals surface area contributed by atoms with Crippen molar-refractivity contribution in [2.75, 3.05) is 5.75 Å².